The Kier molecular flexibility index (Phi) is 7.49. The highest BCUT2D eigenvalue weighted by Crippen LogP contribution is 2.28. The lowest BCUT2D eigenvalue weighted by atomic mass is 10.1. The second-order valence-corrected chi connectivity index (χ2v) is 8.38. The second-order valence-electron chi connectivity index (χ2n) is 6.28. The quantitative estimate of drug-likeness (QED) is 0.167. The Bertz CT molecular complexity index is 1120. The first kappa shape index (κ1) is 21.9. The van der Waals surface area contributed by atoms with E-state index < -0.39 is 5.91 Å². The summed E-state index contributed by atoms with van der Waals surface area (Å²) in [6.45, 7) is 0.434. The van der Waals surface area contributed by atoms with Crippen molar-refractivity contribution in [2.75, 3.05) is 5.32 Å². The van der Waals surface area contributed by atoms with Gasteiger partial charge in [-0.15, -0.1) is 0 Å². The maximum absolute atomic E-state index is 12.4. The molecule has 5 nitrogen and oxygen atoms in total. The highest BCUT2D eigenvalue weighted by molar-refractivity contribution is 14.1. The number of phenolic OH excluding ortho intramolecular Hbond substituents is 1. The number of amides is 1. The Morgan fingerprint density at radius 1 is 1.13 bits per heavy atom. The van der Waals surface area contributed by atoms with E-state index in [4.69, 9.17) is 4.74 Å². The van der Waals surface area contributed by atoms with Gasteiger partial charge in [0.15, 0.2) is 0 Å². The van der Waals surface area contributed by atoms with Gasteiger partial charge in [-0.2, -0.15) is 5.26 Å². The number of nitrogens with one attached hydrogen (secondary N) is 1. The summed E-state index contributed by atoms with van der Waals surface area (Å²) in [5.74, 6) is 0.231. The van der Waals surface area contributed by atoms with Crippen molar-refractivity contribution in [1.82, 2.24) is 0 Å². The van der Waals surface area contributed by atoms with Gasteiger partial charge in [0, 0.05) is 9.26 Å². The highest BCUT2D eigenvalue weighted by Gasteiger charge is 2.11. The first-order chi connectivity index (χ1) is 14.4. The molecule has 7 heteroatoms. The third-order valence-corrected chi connectivity index (χ3v) is 5.40. The minimum absolute atomic E-state index is 0.0393. The first-order valence-electron chi connectivity index (χ1n) is 8.83. The van der Waals surface area contributed by atoms with Gasteiger partial charge in [0.05, 0.1) is 4.47 Å². The molecule has 0 heterocycles. The zero-order valence-corrected chi connectivity index (χ0v) is 19.3. The van der Waals surface area contributed by atoms with Crippen LogP contribution in [0.4, 0.5) is 5.69 Å². The van der Waals surface area contributed by atoms with Gasteiger partial charge in [0.25, 0.3) is 5.91 Å². The van der Waals surface area contributed by atoms with Crippen LogP contribution < -0.4 is 10.1 Å². The van der Waals surface area contributed by atoms with Crippen molar-refractivity contribution in [3.05, 3.63) is 91.5 Å². The van der Waals surface area contributed by atoms with Crippen molar-refractivity contribution in [2.45, 2.75) is 6.61 Å². The Morgan fingerprint density at radius 2 is 1.83 bits per heavy atom. The molecule has 3 aromatic carbocycles. The Balaban J connectivity index is 1.69. The van der Waals surface area contributed by atoms with Crippen LogP contribution in [0.2, 0.25) is 0 Å². The maximum atomic E-state index is 12.4. The molecule has 0 aliphatic rings. The standard InChI is InChI=1S/C23H16BrIN2O3/c24-21-12-16(3-10-22(21)30-14-15-1-4-18(25)5-2-15)11-17(13-26)23(29)27-19-6-8-20(28)9-7-19/h1-12,28H,14H2,(H,27,29)/b17-11+. The lowest BCUT2D eigenvalue weighted by Gasteiger charge is -2.09. The minimum Gasteiger partial charge on any atom is -0.508 e. The van der Waals surface area contributed by atoms with Crippen LogP contribution in [-0.4, -0.2) is 11.0 Å². The normalized spacial score (nSPS) is 10.9. The number of phenols is 1. The molecule has 30 heavy (non-hydrogen) atoms. The third kappa shape index (κ3) is 6.08. The molecule has 0 saturated carbocycles. The molecule has 0 unspecified atom stereocenters. The average Bonchev–Trinajstić information content (AvgIpc) is 2.74. The number of anilines is 1. The molecule has 0 fully saturated rings. The van der Waals surface area contributed by atoms with Gasteiger partial charge in [-0.25, -0.2) is 0 Å². The fourth-order valence-corrected chi connectivity index (χ4v) is 3.39. The molecule has 3 rings (SSSR count). The molecule has 150 valence electrons. The fraction of sp³-hybridized carbons (Fsp3) is 0.0435. The van der Waals surface area contributed by atoms with Crippen LogP contribution in [0.25, 0.3) is 6.08 Å². The van der Waals surface area contributed by atoms with Gasteiger partial charge in [-0.3, -0.25) is 4.79 Å². The van der Waals surface area contributed by atoms with Crippen LogP contribution in [0, 0.1) is 14.9 Å². The molecule has 1 amide bonds. The van der Waals surface area contributed by atoms with E-state index in [9.17, 15) is 15.2 Å². The van der Waals surface area contributed by atoms with Gasteiger partial charge in [0.2, 0.25) is 0 Å². The predicted octanol–water partition coefficient (Wildman–Crippen LogP) is 5.88. The van der Waals surface area contributed by atoms with E-state index >= 15 is 0 Å². The van der Waals surface area contributed by atoms with Gasteiger partial charge in [0.1, 0.15) is 29.7 Å². The fourth-order valence-electron chi connectivity index (χ4n) is 2.52. The van der Waals surface area contributed by atoms with Crippen LogP contribution in [0.1, 0.15) is 11.1 Å². The summed E-state index contributed by atoms with van der Waals surface area (Å²) >= 11 is 5.73. The number of carbonyl (C=O) groups excluding carboxylic acids is 1. The van der Waals surface area contributed by atoms with E-state index in [2.05, 4.69) is 43.8 Å². The summed E-state index contributed by atoms with van der Waals surface area (Å²) in [6.07, 6.45) is 1.50. The summed E-state index contributed by atoms with van der Waals surface area (Å²) in [5.41, 5.74) is 2.19. The number of nitriles is 1. The average molecular weight is 575 g/mol. The largest absolute Gasteiger partial charge is 0.508 e. The molecule has 0 radical (unpaired) electrons. The number of rotatable bonds is 6. The number of hydrogen-bond donors (Lipinski definition) is 2. The number of halogens is 2. The number of ether oxygens (including phenoxy) is 1. The summed E-state index contributed by atoms with van der Waals surface area (Å²) < 4.78 is 7.73. The maximum Gasteiger partial charge on any atom is 0.266 e. The highest BCUT2D eigenvalue weighted by atomic mass is 127. The molecule has 0 aliphatic heterocycles. The Morgan fingerprint density at radius 3 is 2.47 bits per heavy atom. The predicted molar refractivity (Wildman–Crippen MR) is 128 cm³/mol. The van der Waals surface area contributed by atoms with Crippen molar-refractivity contribution in [2.24, 2.45) is 0 Å². The minimum atomic E-state index is -0.529. The van der Waals surface area contributed by atoms with E-state index in [1.54, 1.807) is 30.3 Å². The molecule has 0 spiro atoms. The van der Waals surface area contributed by atoms with Gasteiger partial charge in [-0.05, 0) is 104 Å². The molecule has 0 bridgehead atoms. The SMILES string of the molecule is N#C/C(=C\c1ccc(OCc2ccc(I)cc2)c(Br)c1)C(=O)Nc1ccc(O)cc1. The topological polar surface area (TPSA) is 82.3 Å². The van der Waals surface area contributed by atoms with Crippen LogP contribution >= 0.6 is 38.5 Å². The summed E-state index contributed by atoms with van der Waals surface area (Å²) in [4.78, 5) is 12.4. The van der Waals surface area contributed by atoms with Crippen molar-refractivity contribution in [3.8, 4) is 17.6 Å². The number of carbonyl (C=O) groups is 1. The zero-order chi connectivity index (χ0) is 21.5. The lowest BCUT2D eigenvalue weighted by Crippen LogP contribution is -2.13. The summed E-state index contributed by atoms with van der Waals surface area (Å²) in [6, 6.07) is 21.4. The second kappa shape index (κ2) is 10.3. The lowest BCUT2D eigenvalue weighted by molar-refractivity contribution is -0.112. The Labute approximate surface area is 196 Å². The zero-order valence-electron chi connectivity index (χ0n) is 15.6. The van der Waals surface area contributed by atoms with Gasteiger partial charge < -0.3 is 15.2 Å². The van der Waals surface area contributed by atoms with E-state index in [0.29, 0.717) is 23.6 Å². The smallest absolute Gasteiger partial charge is 0.266 e. The van der Waals surface area contributed by atoms with Crippen molar-refractivity contribution >= 4 is 56.2 Å². The number of benzene rings is 3. The molecule has 2 N–H and O–H groups in total. The van der Waals surface area contributed by atoms with Crippen molar-refractivity contribution in [3.63, 3.8) is 0 Å². The monoisotopic (exact) mass is 574 g/mol. The molecular weight excluding hydrogens is 559 g/mol. The Hall–Kier alpha value is -2.83. The molecule has 0 aliphatic carbocycles. The molecule has 3 aromatic rings. The van der Waals surface area contributed by atoms with E-state index in [1.165, 1.54) is 18.2 Å². The van der Waals surface area contributed by atoms with Crippen LogP contribution in [0.5, 0.6) is 11.5 Å². The number of hydrogen-bond acceptors (Lipinski definition) is 4. The van der Waals surface area contributed by atoms with Crippen LogP contribution in [-0.2, 0) is 11.4 Å². The van der Waals surface area contributed by atoms with E-state index in [1.807, 2.05) is 30.3 Å². The van der Waals surface area contributed by atoms with Gasteiger partial charge in [-0.1, -0.05) is 18.2 Å². The van der Waals surface area contributed by atoms with Crippen molar-refractivity contribution in [1.29, 1.82) is 5.26 Å². The number of aromatic hydroxyl groups is 1. The molecule has 0 saturated heterocycles. The van der Waals surface area contributed by atoms with E-state index in [0.717, 1.165) is 13.6 Å². The third-order valence-electron chi connectivity index (χ3n) is 4.06. The van der Waals surface area contributed by atoms with Gasteiger partial charge >= 0.3 is 0 Å². The van der Waals surface area contributed by atoms with Crippen LogP contribution in [0.15, 0.2) is 76.8 Å². The summed E-state index contributed by atoms with van der Waals surface area (Å²) in [7, 11) is 0. The van der Waals surface area contributed by atoms with Crippen LogP contribution in [0.3, 0.4) is 0 Å². The molecular formula is C23H16BrIN2O3. The summed E-state index contributed by atoms with van der Waals surface area (Å²) in [5, 5.41) is 21.3. The van der Waals surface area contributed by atoms with Crippen molar-refractivity contribution < 1.29 is 14.6 Å². The molecule has 0 atom stereocenters. The first-order valence-corrected chi connectivity index (χ1v) is 10.7. The van der Waals surface area contributed by atoms with E-state index in [-0.39, 0.29) is 11.3 Å². The molecule has 0 aromatic heterocycles. The number of nitrogens with zero attached hydrogens (tertiary/aromatic N) is 1.